The number of Topliss-reactive ketones (excluding diaryl/α,β-unsaturated/α-hetero) is 1. The number of methoxy groups -OCH3 is 1. The fraction of sp³-hybridized carbons (Fsp3) is 0.333. The molecule has 4 nitrogen and oxygen atoms in total. The van der Waals surface area contributed by atoms with Crippen LogP contribution in [0.15, 0.2) is 47.6 Å². The van der Waals surface area contributed by atoms with Crippen molar-refractivity contribution in [2.75, 3.05) is 14.2 Å². The smallest absolute Gasteiger partial charge is 0.164 e. The Balaban J connectivity index is 1.93. The van der Waals surface area contributed by atoms with E-state index in [-0.39, 0.29) is 5.78 Å². The normalized spacial score (nSPS) is 14.9. The summed E-state index contributed by atoms with van der Waals surface area (Å²) in [6, 6.07) is 13.9. The average Bonchev–Trinajstić information content (AvgIpc) is 2.66. The van der Waals surface area contributed by atoms with Crippen LogP contribution in [0.25, 0.3) is 0 Å². The van der Waals surface area contributed by atoms with Crippen LogP contribution >= 0.6 is 0 Å². The molecule has 0 spiro atoms. The molecule has 25 heavy (non-hydrogen) atoms. The number of aryl methyl sites for hydroxylation is 2. The highest BCUT2D eigenvalue weighted by Gasteiger charge is 2.24. The van der Waals surface area contributed by atoms with Crippen LogP contribution in [0.5, 0.6) is 5.75 Å². The maximum Gasteiger partial charge on any atom is 0.164 e. The van der Waals surface area contributed by atoms with Gasteiger partial charge < -0.3 is 9.57 Å². The number of fused-ring (bicyclic) bond motifs is 1. The van der Waals surface area contributed by atoms with E-state index in [4.69, 9.17) is 9.57 Å². The topological polar surface area (TPSA) is 47.9 Å². The second-order valence-corrected chi connectivity index (χ2v) is 6.19. The zero-order valence-corrected chi connectivity index (χ0v) is 14.7. The summed E-state index contributed by atoms with van der Waals surface area (Å²) < 4.78 is 5.41. The van der Waals surface area contributed by atoms with E-state index in [1.807, 2.05) is 42.5 Å². The molecule has 0 unspecified atom stereocenters. The minimum atomic E-state index is 0.115. The molecule has 0 N–H and O–H groups in total. The van der Waals surface area contributed by atoms with Crippen LogP contribution in [-0.2, 0) is 17.7 Å². The molecule has 0 atom stereocenters. The second-order valence-electron chi connectivity index (χ2n) is 6.19. The second kappa shape index (κ2) is 7.97. The number of oxime groups is 1. The number of hydrogen-bond donors (Lipinski definition) is 0. The summed E-state index contributed by atoms with van der Waals surface area (Å²) in [7, 11) is 3.18. The van der Waals surface area contributed by atoms with Crippen molar-refractivity contribution >= 4 is 11.5 Å². The highest BCUT2D eigenvalue weighted by molar-refractivity contribution is 6.12. The van der Waals surface area contributed by atoms with Crippen molar-refractivity contribution in [3.8, 4) is 5.75 Å². The number of carbonyl (C=O) groups excluding carboxylic acids is 1. The largest absolute Gasteiger partial charge is 0.497 e. The van der Waals surface area contributed by atoms with Gasteiger partial charge in [0, 0.05) is 17.5 Å². The minimum Gasteiger partial charge on any atom is -0.497 e. The van der Waals surface area contributed by atoms with Crippen molar-refractivity contribution in [3.05, 3.63) is 64.7 Å². The van der Waals surface area contributed by atoms with Crippen LogP contribution in [0.3, 0.4) is 0 Å². The van der Waals surface area contributed by atoms with Crippen LogP contribution < -0.4 is 4.74 Å². The molecule has 4 heteroatoms. The zero-order valence-electron chi connectivity index (χ0n) is 14.7. The van der Waals surface area contributed by atoms with E-state index >= 15 is 0 Å². The van der Waals surface area contributed by atoms with Gasteiger partial charge in [-0.25, -0.2) is 0 Å². The number of ether oxygens (including phenoxy) is 1. The molecule has 2 aromatic rings. The third-order valence-corrected chi connectivity index (χ3v) is 4.56. The fourth-order valence-corrected chi connectivity index (χ4v) is 3.36. The minimum absolute atomic E-state index is 0.115. The van der Waals surface area contributed by atoms with Gasteiger partial charge in [-0.2, -0.15) is 0 Å². The fourth-order valence-electron chi connectivity index (χ4n) is 3.36. The van der Waals surface area contributed by atoms with Crippen molar-refractivity contribution in [2.45, 2.75) is 32.1 Å². The SMILES string of the molecule is CO/N=C1\CCCc2cc(OC)cc(C(=O)CCc3ccccc3)c21. The Bertz CT molecular complexity index is 781. The monoisotopic (exact) mass is 337 g/mol. The number of carbonyl (C=O) groups is 1. The summed E-state index contributed by atoms with van der Waals surface area (Å²) in [6.07, 6.45) is 3.94. The molecule has 0 amide bonds. The van der Waals surface area contributed by atoms with Gasteiger partial charge in [0.15, 0.2) is 5.78 Å². The zero-order chi connectivity index (χ0) is 17.6. The third kappa shape index (κ3) is 3.90. The van der Waals surface area contributed by atoms with Crippen molar-refractivity contribution in [3.63, 3.8) is 0 Å². The van der Waals surface area contributed by atoms with E-state index in [9.17, 15) is 4.79 Å². The van der Waals surface area contributed by atoms with Gasteiger partial charge in [0.25, 0.3) is 0 Å². The third-order valence-electron chi connectivity index (χ3n) is 4.56. The molecule has 0 fully saturated rings. The van der Waals surface area contributed by atoms with Crippen LogP contribution in [0.1, 0.15) is 46.3 Å². The standard InChI is InChI=1S/C21H23NO3/c1-24-17-13-16-9-6-10-19(22-25-2)21(16)18(14-17)20(23)12-11-15-7-4-3-5-8-15/h3-5,7-8,13-14H,6,9-12H2,1-2H3/b22-19+. The molecule has 2 aromatic carbocycles. The first-order valence-corrected chi connectivity index (χ1v) is 8.61. The van der Waals surface area contributed by atoms with E-state index < -0.39 is 0 Å². The summed E-state index contributed by atoms with van der Waals surface area (Å²) in [5.41, 5.74) is 4.77. The van der Waals surface area contributed by atoms with E-state index in [2.05, 4.69) is 5.16 Å². The van der Waals surface area contributed by atoms with Gasteiger partial charge in [-0.05, 0) is 48.9 Å². The summed E-state index contributed by atoms with van der Waals surface area (Å²) in [6.45, 7) is 0. The van der Waals surface area contributed by atoms with Crippen LogP contribution in [0, 0.1) is 0 Å². The van der Waals surface area contributed by atoms with E-state index in [1.54, 1.807) is 14.2 Å². The van der Waals surface area contributed by atoms with Gasteiger partial charge >= 0.3 is 0 Å². The summed E-state index contributed by atoms with van der Waals surface area (Å²) >= 11 is 0. The van der Waals surface area contributed by atoms with Gasteiger partial charge in [0.1, 0.15) is 12.9 Å². The molecule has 0 saturated heterocycles. The molecule has 0 aliphatic heterocycles. The molecular weight excluding hydrogens is 314 g/mol. The Morgan fingerprint density at radius 1 is 1.12 bits per heavy atom. The number of hydrogen-bond acceptors (Lipinski definition) is 4. The summed E-state index contributed by atoms with van der Waals surface area (Å²) in [5.74, 6) is 0.838. The van der Waals surface area contributed by atoms with Gasteiger partial charge in [-0.1, -0.05) is 35.5 Å². The number of benzene rings is 2. The predicted molar refractivity (Wildman–Crippen MR) is 98.6 cm³/mol. The van der Waals surface area contributed by atoms with E-state index in [0.717, 1.165) is 48.3 Å². The van der Waals surface area contributed by atoms with Crippen LogP contribution in [0.4, 0.5) is 0 Å². The van der Waals surface area contributed by atoms with Gasteiger partial charge in [0.05, 0.1) is 12.8 Å². The highest BCUT2D eigenvalue weighted by Crippen LogP contribution is 2.31. The van der Waals surface area contributed by atoms with Gasteiger partial charge in [-0.3, -0.25) is 4.79 Å². The Morgan fingerprint density at radius 3 is 2.64 bits per heavy atom. The van der Waals surface area contributed by atoms with Crippen molar-refractivity contribution in [2.24, 2.45) is 5.16 Å². The first kappa shape index (κ1) is 17.2. The number of rotatable bonds is 6. The van der Waals surface area contributed by atoms with Gasteiger partial charge in [0.2, 0.25) is 0 Å². The number of nitrogens with zero attached hydrogens (tertiary/aromatic N) is 1. The molecule has 130 valence electrons. The quantitative estimate of drug-likeness (QED) is 0.586. The Morgan fingerprint density at radius 2 is 1.92 bits per heavy atom. The molecule has 3 rings (SSSR count). The van der Waals surface area contributed by atoms with Crippen molar-refractivity contribution in [1.82, 2.24) is 0 Å². The Kier molecular flexibility index (Phi) is 5.49. The number of ketones is 1. The molecule has 1 aliphatic carbocycles. The van der Waals surface area contributed by atoms with Crippen molar-refractivity contribution in [1.29, 1.82) is 0 Å². The van der Waals surface area contributed by atoms with E-state index in [0.29, 0.717) is 12.0 Å². The Labute approximate surface area is 148 Å². The molecular formula is C21H23NO3. The van der Waals surface area contributed by atoms with Gasteiger partial charge in [-0.15, -0.1) is 0 Å². The Hall–Kier alpha value is -2.62. The molecule has 1 aliphatic rings. The average molecular weight is 337 g/mol. The van der Waals surface area contributed by atoms with E-state index in [1.165, 1.54) is 5.56 Å². The highest BCUT2D eigenvalue weighted by atomic mass is 16.6. The van der Waals surface area contributed by atoms with Crippen LogP contribution in [0.2, 0.25) is 0 Å². The maximum absolute atomic E-state index is 13.0. The molecule has 0 heterocycles. The van der Waals surface area contributed by atoms with Crippen LogP contribution in [-0.4, -0.2) is 25.7 Å². The van der Waals surface area contributed by atoms with Crippen molar-refractivity contribution < 1.29 is 14.4 Å². The lowest BCUT2D eigenvalue weighted by atomic mass is 9.84. The first-order chi connectivity index (χ1) is 12.2. The molecule has 0 aromatic heterocycles. The summed E-state index contributed by atoms with van der Waals surface area (Å²) in [4.78, 5) is 18.0. The predicted octanol–water partition coefficient (Wildman–Crippen LogP) is 4.20. The summed E-state index contributed by atoms with van der Waals surface area (Å²) in [5, 5.41) is 4.17. The lowest BCUT2D eigenvalue weighted by Gasteiger charge is -2.21. The molecule has 0 radical (unpaired) electrons. The lowest BCUT2D eigenvalue weighted by Crippen LogP contribution is -2.18. The maximum atomic E-state index is 13.0. The molecule has 0 bridgehead atoms. The lowest BCUT2D eigenvalue weighted by molar-refractivity contribution is 0.0982. The molecule has 0 saturated carbocycles. The first-order valence-electron chi connectivity index (χ1n) is 8.61.